The molecule has 1 fully saturated rings. The maximum absolute atomic E-state index is 12.8. The van der Waals surface area contributed by atoms with E-state index in [9.17, 15) is 9.59 Å². The molecule has 2 N–H and O–H groups in total. The third-order valence-electron chi connectivity index (χ3n) is 5.34. The van der Waals surface area contributed by atoms with Crippen LogP contribution in [0, 0.1) is 13.8 Å². The second kappa shape index (κ2) is 9.57. The molecule has 0 radical (unpaired) electrons. The maximum atomic E-state index is 12.8. The number of nitrogens with zero attached hydrogens (tertiary/aromatic N) is 1. The average molecular weight is 419 g/mol. The summed E-state index contributed by atoms with van der Waals surface area (Å²) in [5.41, 5.74) is 3.47. The minimum Gasteiger partial charge on any atom is -0.376 e. The highest BCUT2D eigenvalue weighted by Crippen LogP contribution is 2.20. The Labute approximate surface area is 176 Å². The molecule has 7 heteroatoms. The lowest BCUT2D eigenvalue weighted by atomic mass is 10.1. The molecule has 0 aliphatic carbocycles. The van der Waals surface area contributed by atoms with Gasteiger partial charge in [0, 0.05) is 40.8 Å². The van der Waals surface area contributed by atoms with Crippen molar-refractivity contribution in [1.29, 1.82) is 0 Å². The number of rotatable bonds is 8. The SMILES string of the molecule is Cc1cc(C(=O)C[NH+](C)CC(=O)Nc2ccc(Cl)cc2)c(C)n1C[C@H]1CCCO1. The van der Waals surface area contributed by atoms with Gasteiger partial charge in [0.2, 0.25) is 5.78 Å². The molecule has 156 valence electrons. The van der Waals surface area contributed by atoms with Crippen LogP contribution in [0.5, 0.6) is 0 Å². The molecular formula is C22H29ClN3O3+. The number of hydrogen-bond acceptors (Lipinski definition) is 3. The second-order valence-corrected chi connectivity index (χ2v) is 8.26. The number of anilines is 1. The smallest absolute Gasteiger partial charge is 0.279 e. The minimum atomic E-state index is -0.138. The first-order valence-electron chi connectivity index (χ1n) is 10.0. The van der Waals surface area contributed by atoms with E-state index >= 15 is 0 Å². The molecule has 0 spiro atoms. The van der Waals surface area contributed by atoms with Gasteiger partial charge < -0.3 is 19.5 Å². The molecule has 3 rings (SSSR count). The molecule has 0 saturated carbocycles. The first kappa shape index (κ1) is 21.6. The largest absolute Gasteiger partial charge is 0.376 e. The Kier molecular flexibility index (Phi) is 7.11. The van der Waals surface area contributed by atoms with Crippen molar-refractivity contribution < 1.29 is 19.2 Å². The molecule has 2 heterocycles. The zero-order valence-corrected chi connectivity index (χ0v) is 18.0. The fourth-order valence-corrected chi connectivity index (χ4v) is 3.93. The third kappa shape index (κ3) is 5.69. The summed E-state index contributed by atoms with van der Waals surface area (Å²) in [5, 5.41) is 3.45. The van der Waals surface area contributed by atoms with Gasteiger partial charge in [-0.05, 0) is 57.0 Å². The van der Waals surface area contributed by atoms with Crippen LogP contribution in [0.15, 0.2) is 30.3 Å². The van der Waals surface area contributed by atoms with Crippen molar-refractivity contribution in [1.82, 2.24) is 4.57 Å². The number of carbonyl (C=O) groups is 2. The second-order valence-electron chi connectivity index (χ2n) is 7.82. The predicted octanol–water partition coefficient (Wildman–Crippen LogP) is 2.27. The lowest BCUT2D eigenvalue weighted by molar-refractivity contribution is -0.861. The summed E-state index contributed by atoms with van der Waals surface area (Å²) in [4.78, 5) is 25.9. The van der Waals surface area contributed by atoms with Crippen LogP contribution in [0.3, 0.4) is 0 Å². The van der Waals surface area contributed by atoms with E-state index < -0.39 is 0 Å². The number of ketones is 1. The van der Waals surface area contributed by atoms with Gasteiger partial charge in [0.15, 0.2) is 6.54 Å². The number of likely N-dealkylation sites (N-methyl/N-ethyl adjacent to an activating group) is 1. The van der Waals surface area contributed by atoms with E-state index in [4.69, 9.17) is 16.3 Å². The Morgan fingerprint density at radius 3 is 2.62 bits per heavy atom. The fraction of sp³-hybridized carbons (Fsp3) is 0.455. The molecule has 29 heavy (non-hydrogen) atoms. The van der Waals surface area contributed by atoms with E-state index in [1.165, 1.54) is 0 Å². The van der Waals surface area contributed by atoms with Gasteiger partial charge >= 0.3 is 0 Å². The number of ether oxygens (including phenoxy) is 1. The molecule has 2 atom stereocenters. The van der Waals surface area contributed by atoms with E-state index in [-0.39, 0.29) is 30.9 Å². The van der Waals surface area contributed by atoms with Crippen molar-refractivity contribution in [2.24, 2.45) is 0 Å². The zero-order chi connectivity index (χ0) is 21.0. The number of carbonyl (C=O) groups excluding carboxylic acids is 2. The topological polar surface area (TPSA) is 64.8 Å². The Hall–Kier alpha value is -2.15. The summed E-state index contributed by atoms with van der Waals surface area (Å²) < 4.78 is 7.91. The van der Waals surface area contributed by atoms with Gasteiger partial charge in [-0.2, -0.15) is 0 Å². The van der Waals surface area contributed by atoms with Crippen molar-refractivity contribution >= 4 is 29.0 Å². The van der Waals surface area contributed by atoms with Crippen molar-refractivity contribution in [3.05, 3.63) is 52.3 Å². The molecule has 6 nitrogen and oxygen atoms in total. The number of amides is 1. The van der Waals surface area contributed by atoms with Gasteiger partial charge in [-0.25, -0.2) is 0 Å². The van der Waals surface area contributed by atoms with Crippen LogP contribution < -0.4 is 10.2 Å². The van der Waals surface area contributed by atoms with Gasteiger partial charge in [-0.3, -0.25) is 9.59 Å². The number of quaternary nitrogens is 1. The van der Waals surface area contributed by atoms with Gasteiger partial charge in [0.25, 0.3) is 5.91 Å². The lowest BCUT2D eigenvalue weighted by Crippen LogP contribution is -3.11. The minimum absolute atomic E-state index is 0.0495. The highest BCUT2D eigenvalue weighted by atomic mass is 35.5. The molecule has 1 unspecified atom stereocenters. The number of aromatic nitrogens is 1. The van der Waals surface area contributed by atoms with Crippen molar-refractivity contribution in [2.45, 2.75) is 39.3 Å². The van der Waals surface area contributed by atoms with Crippen molar-refractivity contribution in [2.75, 3.05) is 32.1 Å². The summed E-state index contributed by atoms with van der Waals surface area (Å²) in [6.45, 7) is 6.09. The molecule has 1 aliphatic rings. The summed E-state index contributed by atoms with van der Waals surface area (Å²) in [5.74, 6) is -0.0880. The van der Waals surface area contributed by atoms with Crippen LogP contribution >= 0.6 is 11.6 Å². The van der Waals surface area contributed by atoms with Crippen LogP contribution in [0.1, 0.15) is 34.6 Å². The number of aryl methyl sites for hydroxylation is 1. The van der Waals surface area contributed by atoms with Crippen LogP contribution in [0.4, 0.5) is 5.69 Å². The van der Waals surface area contributed by atoms with Gasteiger partial charge in [0.05, 0.1) is 13.2 Å². The number of hydrogen-bond donors (Lipinski definition) is 2. The van der Waals surface area contributed by atoms with Crippen molar-refractivity contribution in [3.8, 4) is 0 Å². The Bertz CT molecular complexity index is 870. The molecule has 1 aromatic carbocycles. The normalized spacial score (nSPS) is 17.3. The van der Waals surface area contributed by atoms with Crippen LogP contribution in [0.2, 0.25) is 5.02 Å². The van der Waals surface area contributed by atoms with Crippen LogP contribution in [-0.4, -0.2) is 49.1 Å². The lowest BCUT2D eigenvalue weighted by Gasteiger charge is -2.15. The van der Waals surface area contributed by atoms with E-state index in [2.05, 4.69) is 9.88 Å². The van der Waals surface area contributed by atoms with E-state index in [1.54, 1.807) is 24.3 Å². The molecule has 1 aliphatic heterocycles. The Morgan fingerprint density at radius 2 is 1.97 bits per heavy atom. The first-order chi connectivity index (χ1) is 13.8. The summed E-state index contributed by atoms with van der Waals surface area (Å²) in [6, 6.07) is 8.91. The molecule has 1 amide bonds. The van der Waals surface area contributed by atoms with Crippen LogP contribution in [-0.2, 0) is 16.1 Å². The van der Waals surface area contributed by atoms with Crippen molar-refractivity contribution in [3.63, 3.8) is 0 Å². The predicted molar refractivity (Wildman–Crippen MR) is 114 cm³/mol. The molecule has 2 aromatic rings. The van der Waals surface area contributed by atoms with Gasteiger partial charge in [-0.15, -0.1) is 0 Å². The fourth-order valence-electron chi connectivity index (χ4n) is 3.80. The standard InChI is InChI=1S/C22H28ClN3O3/c1-15-11-20(16(2)26(15)12-19-5-4-10-29-19)21(27)13-25(3)14-22(28)24-18-8-6-17(23)7-9-18/h6-9,11,19H,4-5,10,12-14H2,1-3H3,(H,24,28)/p+1/t19-/m1/s1. The highest BCUT2D eigenvalue weighted by molar-refractivity contribution is 6.30. The monoisotopic (exact) mass is 418 g/mol. The quantitative estimate of drug-likeness (QED) is 0.646. The van der Waals surface area contributed by atoms with E-state index in [0.29, 0.717) is 10.7 Å². The Balaban J connectivity index is 1.56. The highest BCUT2D eigenvalue weighted by Gasteiger charge is 2.23. The molecular weight excluding hydrogens is 390 g/mol. The number of Topliss-reactive ketones (excluding diaryl/α,β-unsaturated/α-hetero) is 1. The van der Waals surface area contributed by atoms with Crippen LogP contribution in [0.25, 0.3) is 0 Å². The molecule has 1 aromatic heterocycles. The molecule has 0 bridgehead atoms. The zero-order valence-electron chi connectivity index (χ0n) is 17.3. The number of nitrogens with one attached hydrogen (secondary N) is 2. The average Bonchev–Trinajstić information content (AvgIpc) is 3.27. The first-order valence-corrected chi connectivity index (χ1v) is 10.4. The summed E-state index contributed by atoms with van der Waals surface area (Å²) >= 11 is 5.86. The number of benzene rings is 1. The summed E-state index contributed by atoms with van der Waals surface area (Å²) in [6.07, 6.45) is 2.39. The molecule has 1 saturated heterocycles. The van der Waals surface area contributed by atoms with Gasteiger partial charge in [-0.1, -0.05) is 11.6 Å². The summed E-state index contributed by atoms with van der Waals surface area (Å²) in [7, 11) is 1.85. The third-order valence-corrected chi connectivity index (χ3v) is 5.59. The maximum Gasteiger partial charge on any atom is 0.279 e. The van der Waals surface area contributed by atoms with E-state index in [1.807, 2.05) is 27.0 Å². The Morgan fingerprint density at radius 1 is 1.24 bits per heavy atom. The van der Waals surface area contributed by atoms with Gasteiger partial charge in [0.1, 0.15) is 6.54 Å². The van der Waals surface area contributed by atoms with E-state index in [0.717, 1.165) is 47.8 Å². The number of halogens is 1.